The van der Waals surface area contributed by atoms with Crippen LogP contribution < -0.4 is 5.32 Å². The predicted octanol–water partition coefficient (Wildman–Crippen LogP) is -0.711. The van der Waals surface area contributed by atoms with Crippen LogP contribution in [0.1, 0.15) is 13.3 Å². The Hall–Kier alpha value is -0.650. The first-order valence-corrected chi connectivity index (χ1v) is 4.69. The highest BCUT2D eigenvalue weighted by Gasteiger charge is 2.32. The number of rotatable bonds is 4. The van der Waals surface area contributed by atoms with Gasteiger partial charge in [0.15, 0.2) is 0 Å². The summed E-state index contributed by atoms with van der Waals surface area (Å²) in [5.74, 6) is -0.326. The number of esters is 1. The van der Waals surface area contributed by atoms with Gasteiger partial charge in [-0.3, -0.25) is 4.79 Å². The van der Waals surface area contributed by atoms with Crippen LogP contribution in [0.5, 0.6) is 0 Å². The summed E-state index contributed by atoms with van der Waals surface area (Å²) < 4.78 is 9.62. The zero-order chi connectivity index (χ0) is 10.6. The summed E-state index contributed by atoms with van der Waals surface area (Å²) in [7, 11) is 1.34. The Morgan fingerprint density at radius 1 is 1.79 bits per heavy atom. The van der Waals surface area contributed by atoms with E-state index in [-0.39, 0.29) is 5.97 Å². The second-order valence-electron chi connectivity index (χ2n) is 3.65. The third-order valence-electron chi connectivity index (χ3n) is 2.37. The number of carbonyl (C=O) groups is 1. The maximum absolute atomic E-state index is 11.0. The lowest BCUT2D eigenvalue weighted by molar-refractivity contribution is -0.142. The van der Waals surface area contributed by atoms with Crippen molar-refractivity contribution in [1.29, 1.82) is 0 Å². The summed E-state index contributed by atoms with van der Waals surface area (Å²) in [5, 5.41) is 12.8. The molecule has 0 aromatic heterocycles. The summed E-state index contributed by atoms with van der Waals surface area (Å²) in [6, 6.07) is -0.398. The fourth-order valence-electron chi connectivity index (χ4n) is 1.34. The van der Waals surface area contributed by atoms with Crippen LogP contribution in [0.4, 0.5) is 0 Å². The van der Waals surface area contributed by atoms with Crippen molar-refractivity contribution in [3.8, 4) is 0 Å². The van der Waals surface area contributed by atoms with Gasteiger partial charge in [0.25, 0.3) is 0 Å². The SMILES string of the molecule is COC(=O)C(C)NCC1(O)CCOC1. The van der Waals surface area contributed by atoms with Gasteiger partial charge < -0.3 is 19.9 Å². The van der Waals surface area contributed by atoms with E-state index in [1.807, 2.05) is 0 Å². The van der Waals surface area contributed by atoms with Gasteiger partial charge in [-0.15, -0.1) is 0 Å². The van der Waals surface area contributed by atoms with Crippen LogP contribution in [0.25, 0.3) is 0 Å². The first-order valence-electron chi connectivity index (χ1n) is 4.69. The Morgan fingerprint density at radius 2 is 2.50 bits per heavy atom. The van der Waals surface area contributed by atoms with Crippen LogP contribution in [0.3, 0.4) is 0 Å². The summed E-state index contributed by atoms with van der Waals surface area (Å²) in [5.41, 5.74) is -0.831. The van der Waals surface area contributed by atoms with Crippen LogP contribution in [-0.2, 0) is 14.3 Å². The zero-order valence-electron chi connectivity index (χ0n) is 8.58. The molecular formula is C9H17NO4. The smallest absolute Gasteiger partial charge is 0.322 e. The van der Waals surface area contributed by atoms with Gasteiger partial charge in [-0.2, -0.15) is 0 Å². The predicted molar refractivity (Wildman–Crippen MR) is 49.9 cm³/mol. The first-order chi connectivity index (χ1) is 6.57. The number of carbonyl (C=O) groups excluding carboxylic acids is 1. The van der Waals surface area contributed by atoms with Gasteiger partial charge in [0.2, 0.25) is 0 Å². The van der Waals surface area contributed by atoms with Gasteiger partial charge in [0.1, 0.15) is 11.6 Å². The maximum atomic E-state index is 11.0. The minimum atomic E-state index is -0.831. The molecule has 0 aromatic rings. The molecule has 1 aliphatic heterocycles. The van der Waals surface area contributed by atoms with E-state index in [1.54, 1.807) is 6.92 Å². The lowest BCUT2D eigenvalue weighted by atomic mass is 10.0. The third kappa shape index (κ3) is 2.94. The molecule has 2 unspecified atom stereocenters. The molecule has 5 nitrogen and oxygen atoms in total. The fourth-order valence-corrected chi connectivity index (χ4v) is 1.34. The lowest BCUT2D eigenvalue weighted by Crippen LogP contribution is -2.46. The highest BCUT2D eigenvalue weighted by molar-refractivity contribution is 5.75. The molecule has 0 amide bonds. The van der Waals surface area contributed by atoms with Gasteiger partial charge in [0.05, 0.1) is 13.7 Å². The Labute approximate surface area is 83.4 Å². The van der Waals surface area contributed by atoms with E-state index in [1.165, 1.54) is 7.11 Å². The van der Waals surface area contributed by atoms with Crippen LogP contribution >= 0.6 is 0 Å². The zero-order valence-corrected chi connectivity index (χ0v) is 8.58. The Balaban J connectivity index is 2.28. The molecule has 1 saturated heterocycles. The lowest BCUT2D eigenvalue weighted by Gasteiger charge is -2.22. The monoisotopic (exact) mass is 203 g/mol. The molecule has 1 heterocycles. The van der Waals surface area contributed by atoms with Crippen LogP contribution in [0, 0.1) is 0 Å². The molecule has 82 valence electrons. The van der Waals surface area contributed by atoms with E-state index in [0.717, 1.165) is 0 Å². The normalized spacial score (nSPS) is 28.8. The molecule has 0 saturated carbocycles. The molecule has 0 aromatic carbocycles. The van der Waals surface area contributed by atoms with Gasteiger partial charge in [-0.05, 0) is 6.92 Å². The van der Waals surface area contributed by atoms with Crippen LogP contribution in [0.2, 0.25) is 0 Å². The molecule has 2 atom stereocenters. The molecule has 0 radical (unpaired) electrons. The van der Waals surface area contributed by atoms with Gasteiger partial charge >= 0.3 is 5.97 Å². The Bertz CT molecular complexity index is 201. The average molecular weight is 203 g/mol. The fraction of sp³-hybridized carbons (Fsp3) is 0.889. The summed E-state index contributed by atoms with van der Waals surface area (Å²) in [4.78, 5) is 11.0. The molecular weight excluding hydrogens is 186 g/mol. The van der Waals surface area contributed by atoms with Crippen molar-refractivity contribution in [1.82, 2.24) is 5.32 Å². The summed E-state index contributed by atoms with van der Waals surface area (Å²) in [6.45, 7) is 2.95. The first kappa shape index (κ1) is 11.4. The maximum Gasteiger partial charge on any atom is 0.322 e. The third-order valence-corrected chi connectivity index (χ3v) is 2.37. The van der Waals surface area contributed by atoms with Crippen molar-refractivity contribution in [3.05, 3.63) is 0 Å². The van der Waals surface area contributed by atoms with E-state index < -0.39 is 11.6 Å². The van der Waals surface area contributed by atoms with Crippen molar-refractivity contribution in [2.24, 2.45) is 0 Å². The molecule has 0 spiro atoms. The molecule has 5 heteroatoms. The number of hydrogen-bond donors (Lipinski definition) is 2. The van der Waals surface area contributed by atoms with Gasteiger partial charge in [-0.25, -0.2) is 0 Å². The molecule has 0 aliphatic carbocycles. The van der Waals surface area contributed by atoms with E-state index >= 15 is 0 Å². The average Bonchev–Trinajstić information content (AvgIpc) is 2.61. The Kier molecular flexibility index (Phi) is 3.86. The second-order valence-corrected chi connectivity index (χ2v) is 3.65. The van der Waals surface area contributed by atoms with E-state index in [9.17, 15) is 9.90 Å². The number of methoxy groups -OCH3 is 1. The number of ether oxygens (including phenoxy) is 2. The minimum Gasteiger partial charge on any atom is -0.468 e. The van der Waals surface area contributed by atoms with Crippen molar-refractivity contribution in [2.75, 3.05) is 26.9 Å². The summed E-state index contributed by atoms with van der Waals surface area (Å²) >= 11 is 0. The summed E-state index contributed by atoms with van der Waals surface area (Å²) in [6.07, 6.45) is 0.605. The quantitative estimate of drug-likeness (QED) is 0.591. The second kappa shape index (κ2) is 4.72. The molecule has 14 heavy (non-hydrogen) atoms. The van der Waals surface area contributed by atoms with Crippen molar-refractivity contribution >= 4 is 5.97 Å². The molecule has 0 bridgehead atoms. The largest absolute Gasteiger partial charge is 0.468 e. The highest BCUT2D eigenvalue weighted by atomic mass is 16.5. The molecule has 2 N–H and O–H groups in total. The number of aliphatic hydroxyl groups is 1. The topological polar surface area (TPSA) is 67.8 Å². The van der Waals surface area contributed by atoms with Crippen molar-refractivity contribution < 1.29 is 19.4 Å². The minimum absolute atomic E-state index is 0.326. The van der Waals surface area contributed by atoms with Crippen molar-refractivity contribution in [2.45, 2.75) is 25.0 Å². The van der Waals surface area contributed by atoms with E-state index in [4.69, 9.17) is 4.74 Å². The van der Waals surface area contributed by atoms with Crippen molar-refractivity contribution in [3.63, 3.8) is 0 Å². The number of hydrogen-bond acceptors (Lipinski definition) is 5. The van der Waals surface area contributed by atoms with Gasteiger partial charge in [-0.1, -0.05) is 0 Å². The van der Waals surface area contributed by atoms with E-state index in [0.29, 0.717) is 26.2 Å². The molecule has 1 aliphatic rings. The van der Waals surface area contributed by atoms with Crippen LogP contribution in [0.15, 0.2) is 0 Å². The van der Waals surface area contributed by atoms with E-state index in [2.05, 4.69) is 10.1 Å². The standard InChI is InChI=1S/C9H17NO4/c1-7(8(11)13-2)10-5-9(12)3-4-14-6-9/h7,10,12H,3-6H2,1-2H3. The molecule has 1 fully saturated rings. The molecule has 1 rings (SSSR count). The number of nitrogens with one attached hydrogen (secondary N) is 1. The highest BCUT2D eigenvalue weighted by Crippen LogP contribution is 2.17. The van der Waals surface area contributed by atoms with Gasteiger partial charge in [0, 0.05) is 19.6 Å². The Morgan fingerprint density at radius 3 is 3.00 bits per heavy atom. The van der Waals surface area contributed by atoms with Crippen LogP contribution in [-0.4, -0.2) is 49.6 Å².